The Hall–Kier alpha value is -1.23. The van der Waals surface area contributed by atoms with Gasteiger partial charge >= 0.3 is 0 Å². The third-order valence-electron chi connectivity index (χ3n) is 3.24. The smallest absolute Gasteiger partial charge is 0.232 e. The van der Waals surface area contributed by atoms with Crippen molar-refractivity contribution < 1.29 is 9.18 Å². The van der Waals surface area contributed by atoms with Crippen LogP contribution in [0.3, 0.4) is 0 Å². The Labute approximate surface area is 131 Å². The van der Waals surface area contributed by atoms with E-state index in [9.17, 15) is 9.18 Å². The number of hydrogen-bond donors (Lipinski definition) is 1. The molecule has 0 aliphatic heterocycles. The van der Waals surface area contributed by atoms with Crippen molar-refractivity contribution in [1.82, 2.24) is 4.90 Å². The van der Waals surface area contributed by atoms with Gasteiger partial charge in [-0.25, -0.2) is 4.39 Å². The van der Waals surface area contributed by atoms with E-state index in [-0.39, 0.29) is 11.7 Å². The van der Waals surface area contributed by atoms with Gasteiger partial charge in [-0.05, 0) is 31.0 Å². The molecule has 118 valence electrons. The number of nitrogens with zero attached hydrogens (tertiary/aromatic N) is 1. The molecule has 21 heavy (non-hydrogen) atoms. The number of carbonyl (C=O) groups is 1. The van der Waals surface area contributed by atoms with Crippen molar-refractivity contribution in [2.75, 3.05) is 24.6 Å². The van der Waals surface area contributed by atoms with E-state index >= 15 is 0 Å². The number of carbonyl (C=O) groups excluding carboxylic acids is 1. The van der Waals surface area contributed by atoms with Gasteiger partial charge in [0.05, 0.1) is 5.75 Å². The largest absolute Gasteiger partial charge is 0.398 e. The summed E-state index contributed by atoms with van der Waals surface area (Å²) in [6.45, 7) is 5.83. The molecule has 0 aliphatic carbocycles. The molecule has 0 fully saturated rings. The van der Waals surface area contributed by atoms with Gasteiger partial charge in [0.1, 0.15) is 5.82 Å². The fraction of sp³-hybridized carbons (Fsp3) is 0.562. The van der Waals surface area contributed by atoms with Crippen LogP contribution in [0.25, 0.3) is 0 Å². The van der Waals surface area contributed by atoms with Gasteiger partial charge in [0.15, 0.2) is 0 Å². The number of halogens is 1. The van der Waals surface area contributed by atoms with Crippen LogP contribution in [0.15, 0.2) is 23.1 Å². The summed E-state index contributed by atoms with van der Waals surface area (Å²) in [5, 5.41) is 0. The first-order valence-electron chi connectivity index (χ1n) is 7.54. The average molecular weight is 312 g/mol. The molecular weight excluding hydrogens is 287 g/mol. The Morgan fingerprint density at radius 2 is 1.86 bits per heavy atom. The predicted octanol–water partition coefficient (Wildman–Crippen LogP) is 3.93. The average Bonchev–Trinajstić information content (AvgIpc) is 2.48. The lowest BCUT2D eigenvalue weighted by Crippen LogP contribution is -2.34. The SMILES string of the molecule is CCCCN(CCCC)C(=O)CSc1cc(F)ccc1N. The maximum absolute atomic E-state index is 13.2. The number of rotatable bonds is 9. The fourth-order valence-corrected chi connectivity index (χ4v) is 2.82. The molecule has 0 aromatic heterocycles. The Balaban J connectivity index is 2.57. The molecule has 1 rings (SSSR count). The van der Waals surface area contributed by atoms with Crippen molar-refractivity contribution in [3.05, 3.63) is 24.0 Å². The highest BCUT2D eigenvalue weighted by atomic mass is 32.2. The van der Waals surface area contributed by atoms with Crippen molar-refractivity contribution in [2.45, 2.75) is 44.4 Å². The second kappa shape index (κ2) is 9.66. The minimum Gasteiger partial charge on any atom is -0.398 e. The quantitative estimate of drug-likeness (QED) is 0.555. The number of unbranched alkanes of at least 4 members (excludes halogenated alkanes) is 2. The van der Waals surface area contributed by atoms with E-state index in [0.717, 1.165) is 38.8 Å². The maximum atomic E-state index is 13.2. The Morgan fingerprint density at radius 1 is 1.24 bits per heavy atom. The second-order valence-electron chi connectivity index (χ2n) is 5.06. The number of anilines is 1. The molecule has 0 spiro atoms. The Bertz CT molecular complexity index is 446. The first-order valence-corrected chi connectivity index (χ1v) is 8.52. The van der Waals surface area contributed by atoms with Gasteiger partial charge in [-0.3, -0.25) is 4.79 Å². The van der Waals surface area contributed by atoms with Crippen molar-refractivity contribution in [3.63, 3.8) is 0 Å². The first kappa shape index (κ1) is 17.8. The highest BCUT2D eigenvalue weighted by molar-refractivity contribution is 8.00. The molecule has 0 unspecified atom stereocenters. The van der Waals surface area contributed by atoms with Crippen molar-refractivity contribution >= 4 is 23.4 Å². The number of nitrogen functional groups attached to an aromatic ring is 1. The van der Waals surface area contributed by atoms with Gasteiger partial charge in [0.2, 0.25) is 5.91 Å². The van der Waals surface area contributed by atoms with Crippen LogP contribution < -0.4 is 5.73 Å². The Kier molecular flexibility index (Phi) is 8.20. The lowest BCUT2D eigenvalue weighted by atomic mass is 10.2. The van der Waals surface area contributed by atoms with Crippen LogP contribution in [0.1, 0.15) is 39.5 Å². The summed E-state index contributed by atoms with van der Waals surface area (Å²) in [5.41, 5.74) is 6.32. The van der Waals surface area contributed by atoms with E-state index in [0.29, 0.717) is 16.3 Å². The summed E-state index contributed by atoms with van der Waals surface area (Å²) in [4.78, 5) is 14.8. The molecule has 0 saturated heterocycles. The lowest BCUT2D eigenvalue weighted by molar-refractivity contribution is -0.128. The van der Waals surface area contributed by atoms with E-state index in [1.54, 1.807) is 0 Å². The van der Waals surface area contributed by atoms with Crippen molar-refractivity contribution in [2.24, 2.45) is 0 Å². The third-order valence-corrected chi connectivity index (χ3v) is 4.30. The topological polar surface area (TPSA) is 46.3 Å². The molecule has 1 aromatic rings. The molecule has 0 radical (unpaired) electrons. The number of benzene rings is 1. The summed E-state index contributed by atoms with van der Waals surface area (Å²) in [6.07, 6.45) is 4.17. The monoisotopic (exact) mass is 312 g/mol. The minimum absolute atomic E-state index is 0.102. The molecule has 0 atom stereocenters. The van der Waals surface area contributed by atoms with E-state index in [1.165, 1.54) is 30.0 Å². The zero-order valence-corrected chi connectivity index (χ0v) is 13.7. The van der Waals surface area contributed by atoms with Gasteiger partial charge in [0, 0.05) is 23.7 Å². The minimum atomic E-state index is -0.326. The molecule has 0 bridgehead atoms. The van der Waals surface area contributed by atoms with E-state index < -0.39 is 0 Å². The van der Waals surface area contributed by atoms with Crippen LogP contribution in [0.5, 0.6) is 0 Å². The molecule has 3 nitrogen and oxygen atoms in total. The third kappa shape index (κ3) is 6.38. The van der Waals surface area contributed by atoms with Gasteiger partial charge in [0.25, 0.3) is 0 Å². The highest BCUT2D eigenvalue weighted by Gasteiger charge is 2.13. The molecule has 1 aromatic carbocycles. The summed E-state index contributed by atoms with van der Waals surface area (Å²) in [5.74, 6) is 0.0830. The number of amides is 1. The zero-order valence-electron chi connectivity index (χ0n) is 12.9. The molecule has 0 saturated carbocycles. The van der Waals surface area contributed by atoms with E-state index in [1.807, 2.05) is 4.90 Å². The highest BCUT2D eigenvalue weighted by Crippen LogP contribution is 2.26. The zero-order chi connectivity index (χ0) is 15.7. The molecule has 2 N–H and O–H groups in total. The van der Waals surface area contributed by atoms with E-state index in [4.69, 9.17) is 5.73 Å². The standard InChI is InChI=1S/C16H25FN2OS/c1-3-5-9-19(10-6-4-2)16(20)12-21-15-11-13(17)7-8-14(15)18/h7-8,11H,3-6,9-10,12,18H2,1-2H3. The van der Waals surface area contributed by atoms with Crippen LogP contribution in [-0.4, -0.2) is 29.6 Å². The van der Waals surface area contributed by atoms with Crippen LogP contribution in [0.2, 0.25) is 0 Å². The van der Waals surface area contributed by atoms with Crippen LogP contribution in [0, 0.1) is 5.82 Å². The van der Waals surface area contributed by atoms with Crippen molar-refractivity contribution in [1.29, 1.82) is 0 Å². The molecule has 5 heteroatoms. The van der Waals surface area contributed by atoms with Gasteiger partial charge in [-0.2, -0.15) is 0 Å². The van der Waals surface area contributed by atoms with Crippen LogP contribution in [0.4, 0.5) is 10.1 Å². The summed E-state index contributed by atoms with van der Waals surface area (Å²) < 4.78 is 13.2. The van der Waals surface area contributed by atoms with Crippen molar-refractivity contribution in [3.8, 4) is 0 Å². The predicted molar refractivity (Wildman–Crippen MR) is 87.9 cm³/mol. The van der Waals surface area contributed by atoms with Gasteiger partial charge < -0.3 is 10.6 Å². The summed E-state index contributed by atoms with van der Waals surface area (Å²) >= 11 is 1.31. The van der Waals surface area contributed by atoms with Crippen LogP contribution >= 0.6 is 11.8 Å². The normalized spacial score (nSPS) is 10.6. The summed E-state index contributed by atoms with van der Waals surface area (Å²) in [7, 11) is 0. The maximum Gasteiger partial charge on any atom is 0.232 e. The fourth-order valence-electron chi connectivity index (χ4n) is 1.92. The van der Waals surface area contributed by atoms with Crippen LogP contribution in [-0.2, 0) is 4.79 Å². The molecule has 0 heterocycles. The second-order valence-corrected chi connectivity index (χ2v) is 6.08. The summed E-state index contributed by atoms with van der Waals surface area (Å²) in [6, 6.07) is 4.25. The number of thioether (sulfide) groups is 1. The number of nitrogens with two attached hydrogens (primary N) is 1. The number of hydrogen-bond acceptors (Lipinski definition) is 3. The molecule has 0 aliphatic rings. The van der Waals surface area contributed by atoms with E-state index in [2.05, 4.69) is 13.8 Å². The first-order chi connectivity index (χ1) is 10.1. The van der Waals surface area contributed by atoms with Gasteiger partial charge in [-0.15, -0.1) is 11.8 Å². The van der Waals surface area contributed by atoms with Gasteiger partial charge in [-0.1, -0.05) is 26.7 Å². The Morgan fingerprint density at radius 3 is 2.43 bits per heavy atom. The molecular formula is C16H25FN2OS. The molecule has 1 amide bonds. The lowest BCUT2D eigenvalue weighted by Gasteiger charge is -2.22.